The highest BCUT2D eigenvalue weighted by Crippen LogP contribution is 2.09. The van der Waals surface area contributed by atoms with Crippen LogP contribution in [0.3, 0.4) is 0 Å². The standard InChI is InChI=1S/C9H8NO2S/c1-13(11,12)7-9-4-2-3-8(5-9)6-10/h2-5,7H,1H3. The number of hydrogen-bond donors (Lipinski definition) is 0. The van der Waals surface area contributed by atoms with Crippen LogP contribution in [-0.2, 0) is 9.84 Å². The van der Waals surface area contributed by atoms with Gasteiger partial charge in [-0.2, -0.15) is 5.26 Å². The van der Waals surface area contributed by atoms with E-state index in [0.717, 1.165) is 12.0 Å². The molecular formula is C9H8NO2S. The Balaban J connectivity index is 2.99. The van der Waals surface area contributed by atoms with Gasteiger partial charge in [0.05, 0.1) is 11.6 Å². The normalized spacial score (nSPS) is 10.8. The molecule has 0 saturated heterocycles. The van der Waals surface area contributed by atoms with E-state index < -0.39 is 9.84 Å². The van der Waals surface area contributed by atoms with Crippen LogP contribution in [0.25, 0.3) is 0 Å². The van der Waals surface area contributed by atoms with Crippen LogP contribution in [0.15, 0.2) is 24.3 Å². The maximum absolute atomic E-state index is 10.9. The summed E-state index contributed by atoms with van der Waals surface area (Å²) in [6, 6.07) is 8.38. The van der Waals surface area contributed by atoms with E-state index in [4.69, 9.17) is 5.26 Å². The second-order valence-electron chi connectivity index (χ2n) is 2.68. The minimum atomic E-state index is -3.14. The minimum Gasteiger partial charge on any atom is -0.228 e. The van der Waals surface area contributed by atoms with Gasteiger partial charge in [0.25, 0.3) is 0 Å². The van der Waals surface area contributed by atoms with Gasteiger partial charge in [-0.1, -0.05) is 12.1 Å². The molecule has 0 saturated carbocycles. The van der Waals surface area contributed by atoms with Crippen molar-refractivity contribution in [2.45, 2.75) is 0 Å². The lowest BCUT2D eigenvalue weighted by Crippen LogP contribution is -1.97. The van der Waals surface area contributed by atoms with Gasteiger partial charge in [-0.3, -0.25) is 0 Å². The molecule has 67 valence electrons. The zero-order valence-corrected chi connectivity index (χ0v) is 7.88. The van der Waals surface area contributed by atoms with E-state index in [-0.39, 0.29) is 0 Å². The molecular weight excluding hydrogens is 186 g/mol. The number of nitrogens with zero attached hydrogens (tertiary/aromatic N) is 1. The van der Waals surface area contributed by atoms with Crippen LogP contribution in [-0.4, -0.2) is 14.7 Å². The average Bonchev–Trinajstić information content (AvgIpc) is 2.01. The van der Waals surface area contributed by atoms with Gasteiger partial charge in [0.15, 0.2) is 9.84 Å². The first-order valence-electron chi connectivity index (χ1n) is 3.56. The van der Waals surface area contributed by atoms with E-state index in [1.165, 1.54) is 6.07 Å². The van der Waals surface area contributed by atoms with E-state index in [1.54, 1.807) is 18.2 Å². The topological polar surface area (TPSA) is 57.9 Å². The summed E-state index contributed by atoms with van der Waals surface area (Å²) in [6.45, 7) is 0. The quantitative estimate of drug-likeness (QED) is 0.708. The number of hydrogen-bond acceptors (Lipinski definition) is 3. The Labute approximate surface area is 77.5 Å². The molecule has 0 fully saturated rings. The predicted octanol–water partition coefficient (Wildman–Crippen LogP) is 1.11. The molecule has 0 N–H and O–H groups in total. The fraction of sp³-hybridized carbons (Fsp3) is 0.111. The number of rotatable bonds is 2. The zero-order chi connectivity index (χ0) is 9.90. The van der Waals surface area contributed by atoms with Gasteiger partial charge in [0.1, 0.15) is 5.75 Å². The van der Waals surface area contributed by atoms with E-state index in [0.29, 0.717) is 11.1 Å². The molecule has 0 aromatic heterocycles. The lowest BCUT2D eigenvalue weighted by molar-refractivity contribution is 0.608. The van der Waals surface area contributed by atoms with Crippen molar-refractivity contribution in [2.24, 2.45) is 0 Å². The average molecular weight is 194 g/mol. The van der Waals surface area contributed by atoms with Crippen LogP contribution in [0.1, 0.15) is 11.1 Å². The molecule has 0 aliphatic rings. The Morgan fingerprint density at radius 2 is 2.15 bits per heavy atom. The summed E-state index contributed by atoms with van der Waals surface area (Å²) in [5, 5.41) is 8.55. The van der Waals surface area contributed by atoms with Crippen molar-refractivity contribution in [3.05, 3.63) is 41.1 Å². The summed E-state index contributed by atoms with van der Waals surface area (Å²) in [4.78, 5) is 0. The molecule has 4 heteroatoms. The highest BCUT2D eigenvalue weighted by molar-refractivity contribution is 7.92. The van der Waals surface area contributed by atoms with Crippen molar-refractivity contribution in [3.8, 4) is 6.07 Å². The lowest BCUT2D eigenvalue weighted by atomic mass is 10.2. The van der Waals surface area contributed by atoms with Gasteiger partial charge in [-0.05, 0) is 17.7 Å². The third kappa shape index (κ3) is 3.26. The van der Waals surface area contributed by atoms with Crippen molar-refractivity contribution in [1.29, 1.82) is 5.26 Å². The van der Waals surface area contributed by atoms with Gasteiger partial charge >= 0.3 is 0 Å². The van der Waals surface area contributed by atoms with Crippen LogP contribution in [0, 0.1) is 17.1 Å². The molecule has 1 aromatic carbocycles. The molecule has 0 spiro atoms. The molecule has 0 aliphatic heterocycles. The summed E-state index contributed by atoms with van der Waals surface area (Å²) in [6.07, 6.45) is 1.12. The first kappa shape index (κ1) is 9.75. The fourth-order valence-electron chi connectivity index (χ4n) is 0.929. The molecule has 3 nitrogen and oxygen atoms in total. The summed E-state index contributed by atoms with van der Waals surface area (Å²) in [5.41, 5.74) is 0.985. The highest BCUT2D eigenvalue weighted by Gasteiger charge is 2.05. The van der Waals surface area contributed by atoms with Gasteiger partial charge < -0.3 is 0 Å². The van der Waals surface area contributed by atoms with Crippen molar-refractivity contribution in [2.75, 3.05) is 6.26 Å². The maximum Gasteiger partial charge on any atom is 0.156 e. The molecule has 0 heterocycles. The predicted molar refractivity (Wildman–Crippen MR) is 49.4 cm³/mol. The lowest BCUT2D eigenvalue weighted by Gasteiger charge is -1.97. The Hall–Kier alpha value is -1.34. The van der Waals surface area contributed by atoms with Gasteiger partial charge in [0, 0.05) is 6.26 Å². The number of nitriles is 1. The second kappa shape index (κ2) is 3.58. The Morgan fingerprint density at radius 3 is 2.69 bits per heavy atom. The van der Waals surface area contributed by atoms with Crippen LogP contribution >= 0.6 is 0 Å². The molecule has 0 amide bonds. The highest BCUT2D eigenvalue weighted by atomic mass is 32.2. The minimum absolute atomic E-state index is 0.456. The van der Waals surface area contributed by atoms with E-state index in [1.807, 2.05) is 6.07 Å². The van der Waals surface area contributed by atoms with Crippen molar-refractivity contribution < 1.29 is 8.42 Å². The van der Waals surface area contributed by atoms with Crippen LogP contribution in [0.4, 0.5) is 0 Å². The summed E-state index contributed by atoms with van der Waals surface area (Å²) >= 11 is 0. The third-order valence-electron chi connectivity index (χ3n) is 1.37. The molecule has 0 unspecified atom stereocenters. The maximum atomic E-state index is 10.9. The summed E-state index contributed by atoms with van der Waals surface area (Å²) in [7, 11) is -3.14. The number of benzene rings is 1. The SMILES string of the molecule is CS(=O)(=O)[CH]c1cccc(C#N)c1. The zero-order valence-electron chi connectivity index (χ0n) is 7.06. The van der Waals surface area contributed by atoms with Crippen LogP contribution < -0.4 is 0 Å². The second-order valence-corrected chi connectivity index (χ2v) is 4.58. The van der Waals surface area contributed by atoms with E-state index in [9.17, 15) is 8.42 Å². The third-order valence-corrected chi connectivity index (χ3v) is 2.07. The van der Waals surface area contributed by atoms with Crippen molar-refractivity contribution in [1.82, 2.24) is 0 Å². The van der Waals surface area contributed by atoms with Crippen molar-refractivity contribution >= 4 is 9.84 Å². The van der Waals surface area contributed by atoms with Crippen molar-refractivity contribution in [3.63, 3.8) is 0 Å². The smallest absolute Gasteiger partial charge is 0.156 e. The Morgan fingerprint density at radius 1 is 1.46 bits per heavy atom. The molecule has 0 aliphatic carbocycles. The first-order chi connectivity index (χ1) is 6.01. The molecule has 1 aromatic rings. The van der Waals surface area contributed by atoms with E-state index in [2.05, 4.69) is 0 Å². The van der Waals surface area contributed by atoms with Gasteiger partial charge in [-0.25, -0.2) is 8.42 Å². The molecule has 13 heavy (non-hydrogen) atoms. The largest absolute Gasteiger partial charge is 0.228 e. The Bertz CT molecular complexity index is 443. The molecule has 0 atom stereocenters. The molecule has 1 rings (SSSR count). The monoisotopic (exact) mass is 194 g/mol. The van der Waals surface area contributed by atoms with Crippen LogP contribution in [0.2, 0.25) is 0 Å². The fourth-order valence-corrected chi connectivity index (χ4v) is 1.57. The van der Waals surface area contributed by atoms with Gasteiger partial charge in [-0.15, -0.1) is 0 Å². The van der Waals surface area contributed by atoms with Crippen LogP contribution in [0.5, 0.6) is 0 Å². The molecule has 1 radical (unpaired) electrons. The summed E-state index contributed by atoms with van der Waals surface area (Å²) < 4.78 is 21.7. The molecule has 0 bridgehead atoms. The Kier molecular flexibility index (Phi) is 2.69. The van der Waals surface area contributed by atoms with Gasteiger partial charge in [0.2, 0.25) is 0 Å². The number of sulfone groups is 1. The van der Waals surface area contributed by atoms with E-state index >= 15 is 0 Å². The first-order valence-corrected chi connectivity index (χ1v) is 5.52. The summed E-state index contributed by atoms with van der Waals surface area (Å²) in [5.74, 6) is 1.13.